The van der Waals surface area contributed by atoms with Gasteiger partial charge in [-0.05, 0) is 19.3 Å². The second-order valence-corrected chi connectivity index (χ2v) is 5.69. The molecule has 1 heterocycles. The number of hydrogen-bond donors (Lipinski definition) is 1. The summed E-state index contributed by atoms with van der Waals surface area (Å²) in [6.45, 7) is 5.96. The quantitative estimate of drug-likeness (QED) is 0.627. The minimum Gasteiger partial charge on any atom is -0.353 e. The predicted octanol–water partition coefficient (Wildman–Crippen LogP) is 2.74. The number of carbonyl (C=O) groups is 1. The molecule has 1 aliphatic heterocycles. The van der Waals surface area contributed by atoms with Crippen molar-refractivity contribution in [2.75, 3.05) is 6.54 Å². The first-order valence-corrected chi connectivity index (χ1v) is 7.63. The summed E-state index contributed by atoms with van der Waals surface area (Å²) in [4.78, 5) is 11.5. The Hall–Kier alpha value is -1.64. The summed E-state index contributed by atoms with van der Waals surface area (Å²) in [5.74, 6) is 0.225. The van der Waals surface area contributed by atoms with Gasteiger partial charge in [0.1, 0.15) is 13.3 Å². The van der Waals surface area contributed by atoms with Crippen LogP contribution in [0.3, 0.4) is 0 Å². The molecule has 0 bridgehead atoms. The van der Waals surface area contributed by atoms with Gasteiger partial charge in [-0.15, -0.1) is 0 Å². The molecule has 1 aromatic rings. The summed E-state index contributed by atoms with van der Waals surface area (Å²) in [6.07, 6.45) is 6.18. The Bertz CT molecular complexity index is 442. The predicted molar refractivity (Wildman–Crippen MR) is 82.0 cm³/mol. The minimum absolute atomic E-state index is 0.225. The monoisotopic (exact) mass is 273 g/mol. The zero-order valence-corrected chi connectivity index (χ0v) is 12.2. The van der Waals surface area contributed by atoms with Crippen molar-refractivity contribution < 1.29 is 9.37 Å². The molecule has 1 fully saturated rings. The van der Waals surface area contributed by atoms with Gasteiger partial charge in [0.2, 0.25) is 5.91 Å². The van der Waals surface area contributed by atoms with Gasteiger partial charge in [0.25, 0.3) is 0 Å². The van der Waals surface area contributed by atoms with Crippen molar-refractivity contribution >= 4 is 12.6 Å². The van der Waals surface area contributed by atoms with Crippen molar-refractivity contribution in [1.82, 2.24) is 5.32 Å². The van der Waals surface area contributed by atoms with E-state index in [-0.39, 0.29) is 5.91 Å². The van der Waals surface area contributed by atoms with Crippen LogP contribution in [0.15, 0.2) is 30.3 Å². The molecule has 0 aliphatic carbocycles. The maximum absolute atomic E-state index is 11.5. The zero-order chi connectivity index (χ0) is 14.2. The Balaban J connectivity index is 1.67. The van der Waals surface area contributed by atoms with Crippen LogP contribution in [0.25, 0.3) is 0 Å². The number of nitrogens with one attached hydrogen (secondary N) is 1. The van der Waals surface area contributed by atoms with Crippen molar-refractivity contribution in [3.05, 3.63) is 35.9 Å². The third-order valence-corrected chi connectivity index (χ3v) is 3.85. The summed E-state index contributed by atoms with van der Waals surface area (Å²) in [7, 11) is 0. The molecule has 1 atom stereocenters. The van der Waals surface area contributed by atoms with Crippen LogP contribution >= 0.6 is 0 Å². The van der Waals surface area contributed by atoms with E-state index >= 15 is 0 Å². The summed E-state index contributed by atoms with van der Waals surface area (Å²) in [6, 6.07) is 10.8. The molecule has 0 aromatic heterocycles. The van der Waals surface area contributed by atoms with Crippen LogP contribution in [-0.4, -0.2) is 29.8 Å². The molecule has 0 radical (unpaired) electrons. The van der Waals surface area contributed by atoms with Crippen LogP contribution in [0.1, 0.15) is 44.1 Å². The summed E-state index contributed by atoms with van der Waals surface area (Å²) in [5, 5.41) is 3.12. The fourth-order valence-electron chi connectivity index (χ4n) is 2.75. The van der Waals surface area contributed by atoms with E-state index in [1.54, 1.807) is 0 Å². The lowest BCUT2D eigenvalue weighted by molar-refractivity contribution is -0.536. The molecule has 3 heteroatoms. The van der Waals surface area contributed by atoms with Gasteiger partial charge in [-0.2, -0.15) is 0 Å². The smallest absolute Gasteiger partial charge is 0.220 e. The Morgan fingerprint density at radius 1 is 1.25 bits per heavy atom. The maximum Gasteiger partial charge on any atom is 0.220 e. The maximum atomic E-state index is 11.5. The molecule has 0 spiro atoms. The molecular formula is C17H25N2O+. The van der Waals surface area contributed by atoms with E-state index in [9.17, 15) is 4.79 Å². The van der Waals surface area contributed by atoms with Crippen molar-refractivity contribution in [2.24, 2.45) is 0 Å². The molecule has 1 aliphatic rings. The van der Waals surface area contributed by atoms with Crippen LogP contribution in [0.2, 0.25) is 0 Å². The fourth-order valence-corrected chi connectivity index (χ4v) is 2.75. The number of nitrogens with zero attached hydrogens (tertiary/aromatic N) is 1. The van der Waals surface area contributed by atoms with Gasteiger partial charge in [0, 0.05) is 24.4 Å². The normalized spacial score (nSPS) is 19.2. The molecule has 0 saturated carbocycles. The largest absolute Gasteiger partial charge is 0.353 e. The standard InChI is InChI=1S/C17H24N2O/c1-19(14-15-8-3-2-4-9-15)13-7-11-16-10-5-6-12-17(20)18-16/h2-4,8-9,16H,1,5-7,10-14H2/p+1/t16-/m0/s1. The Morgan fingerprint density at radius 2 is 2.05 bits per heavy atom. The summed E-state index contributed by atoms with van der Waals surface area (Å²) >= 11 is 0. The van der Waals surface area contributed by atoms with E-state index in [2.05, 4.69) is 40.9 Å². The first-order valence-electron chi connectivity index (χ1n) is 7.63. The zero-order valence-electron chi connectivity index (χ0n) is 12.2. The van der Waals surface area contributed by atoms with Gasteiger partial charge in [-0.3, -0.25) is 4.79 Å². The van der Waals surface area contributed by atoms with Gasteiger partial charge >= 0.3 is 0 Å². The van der Waals surface area contributed by atoms with Gasteiger partial charge in [0.05, 0.1) is 0 Å². The highest BCUT2D eigenvalue weighted by atomic mass is 16.1. The highest BCUT2D eigenvalue weighted by Crippen LogP contribution is 2.13. The summed E-state index contributed by atoms with van der Waals surface area (Å²) in [5.41, 5.74) is 1.30. The molecule has 1 aromatic carbocycles. The van der Waals surface area contributed by atoms with E-state index in [1.807, 2.05) is 6.07 Å². The first kappa shape index (κ1) is 14.8. The molecule has 3 nitrogen and oxygen atoms in total. The third-order valence-electron chi connectivity index (χ3n) is 3.85. The average molecular weight is 273 g/mol. The van der Waals surface area contributed by atoms with Gasteiger partial charge in [-0.1, -0.05) is 36.8 Å². The number of carbonyl (C=O) groups excluding carboxylic acids is 1. The lowest BCUT2D eigenvalue weighted by Gasteiger charge is -2.14. The van der Waals surface area contributed by atoms with Crippen molar-refractivity contribution in [3.63, 3.8) is 0 Å². The van der Waals surface area contributed by atoms with Crippen LogP contribution in [-0.2, 0) is 11.3 Å². The number of amides is 1. The number of rotatable bonds is 6. The second-order valence-electron chi connectivity index (χ2n) is 5.69. The molecule has 1 saturated heterocycles. The highest BCUT2D eigenvalue weighted by molar-refractivity contribution is 5.76. The molecule has 2 rings (SSSR count). The molecule has 1 amide bonds. The lowest BCUT2D eigenvalue weighted by atomic mass is 10.1. The van der Waals surface area contributed by atoms with Crippen molar-refractivity contribution in [3.8, 4) is 0 Å². The van der Waals surface area contributed by atoms with Crippen LogP contribution < -0.4 is 5.32 Å². The third kappa shape index (κ3) is 5.16. The highest BCUT2D eigenvalue weighted by Gasteiger charge is 2.16. The van der Waals surface area contributed by atoms with Crippen molar-refractivity contribution in [2.45, 2.75) is 51.1 Å². The number of hydrogen-bond acceptors (Lipinski definition) is 1. The van der Waals surface area contributed by atoms with Crippen LogP contribution in [0.4, 0.5) is 0 Å². The van der Waals surface area contributed by atoms with E-state index < -0.39 is 0 Å². The molecule has 0 unspecified atom stereocenters. The topological polar surface area (TPSA) is 32.1 Å². The summed E-state index contributed by atoms with van der Waals surface area (Å²) < 4.78 is 2.11. The fraction of sp³-hybridized carbons (Fsp3) is 0.529. The average Bonchev–Trinajstić information content (AvgIpc) is 2.64. The Labute approximate surface area is 121 Å². The molecule has 20 heavy (non-hydrogen) atoms. The Kier molecular flexibility index (Phi) is 5.78. The van der Waals surface area contributed by atoms with Gasteiger partial charge in [0.15, 0.2) is 6.54 Å². The van der Waals surface area contributed by atoms with Crippen LogP contribution in [0, 0.1) is 0 Å². The first-order chi connectivity index (χ1) is 9.74. The van der Waals surface area contributed by atoms with E-state index in [1.165, 1.54) is 12.0 Å². The number of benzene rings is 1. The van der Waals surface area contributed by atoms with E-state index in [4.69, 9.17) is 0 Å². The molecule has 1 N–H and O–H groups in total. The Morgan fingerprint density at radius 3 is 2.85 bits per heavy atom. The van der Waals surface area contributed by atoms with Gasteiger partial charge < -0.3 is 5.32 Å². The van der Waals surface area contributed by atoms with E-state index in [0.29, 0.717) is 12.5 Å². The van der Waals surface area contributed by atoms with Gasteiger partial charge in [-0.25, -0.2) is 4.58 Å². The van der Waals surface area contributed by atoms with Crippen LogP contribution in [0.5, 0.6) is 0 Å². The SMILES string of the molecule is C=[N+](CCC[C@@H]1CCCCC(=O)N1)Cc1ccccc1. The second kappa shape index (κ2) is 7.83. The van der Waals surface area contributed by atoms with Crippen molar-refractivity contribution in [1.29, 1.82) is 0 Å². The lowest BCUT2D eigenvalue weighted by Crippen LogP contribution is -2.33. The minimum atomic E-state index is 0.225. The molecular weight excluding hydrogens is 248 g/mol. The van der Waals surface area contributed by atoms with E-state index in [0.717, 1.165) is 38.8 Å². The molecule has 108 valence electrons.